The van der Waals surface area contributed by atoms with Gasteiger partial charge >= 0.3 is 0 Å². The SMILES string of the molecule is NC(=O)C1(c2cc3cc[nH]c3cn2)CC1F. The van der Waals surface area contributed by atoms with Gasteiger partial charge in [0.15, 0.2) is 0 Å². The summed E-state index contributed by atoms with van der Waals surface area (Å²) in [7, 11) is 0. The largest absolute Gasteiger partial charge is 0.369 e. The predicted molar refractivity (Wildman–Crippen MR) is 56.5 cm³/mol. The van der Waals surface area contributed by atoms with Crippen molar-refractivity contribution in [1.82, 2.24) is 9.97 Å². The van der Waals surface area contributed by atoms with Gasteiger partial charge in [0.05, 0.1) is 17.4 Å². The maximum atomic E-state index is 13.3. The van der Waals surface area contributed by atoms with E-state index in [4.69, 9.17) is 5.73 Å². The van der Waals surface area contributed by atoms with Gasteiger partial charge in [0.2, 0.25) is 5.91 Å². The van der Waals surface area contributed by atoms with E-state index in [0.717, 1.165) is 10.9 Å². The van der Waals surface area contributed by atoms with E-state index in [0.29, 0.717) is 5.69 Å². The molecule has 2 aromatic rings. The Morgan fingerprint density at radius 3 is 3.06 bits per heavy atom. The standard InChI is InChI=1S/C11H10FN3O/c12-8-4-11(8,10(13)16)9-3-6-1-2-14-7(6)5-15-9/h1-3,5,8,14H,4H2,(H2,13,16). The van der Waals surface area contributed by atoms with Crippen LogP contribution in [-0.4, -0.2) is 22.0 Å². The monoisotopic (exact) mass is 219 g/mol. The third-order valence-electron chi connectivity index (χ3n) is 3.21. The van der Waals surface area contributed by atoms with Crippen LogP contribution in [0.1, 0.15) is 12.1 Å². The first-order valence-electron chi connectivity index (χ1n) is 5.02. The maximum Gasteiger partial charge on any atom is 0.232 e. The summed E-state index contributed by atoms with van der Waals surface area (Å²) < 4.78 is 13.3. The van der Waals surface area contributed by atoms with E-state index in [9.17, 15) is 9.18 Å². The minimum absolute atomic E-state index is 0.144. The van der Waals surface area contributed by atoms with E-state index in [1.807, 2.05) is 6.07 Å². The number of carbonyl (C=O) groups is 1. The lowest BCUT2D eigenvalue weighted by Gasteiger charge is -2.09. The minimum Gasteiger partial charge on any atom is -0.369 e. The molecule has 2 heterocycles. The van der Waals surface area contributed by atoms with Gasteiger partial charge in [-0.05, 0) is 12.1 Å². The molecular weight excluding hydrogens is 209 g/mol. The maximum absolute atomic E-state index is 13.3. The summed E-state index contributed by atoms with van der Waals surface area (Å²) in [6.07, 6.45) is 2.31. The predicted octanol–water partition coefficient (Wildman–Crippen LogP) is 1.03. The Morgan fingerprint density at radius 2 is 2.44 bits per heavy atom. The number of nitrogens with zero attached hydrogens (tertiary/aromatic N) is 1. The van der Waals surface area contributed by atoms with E-state index >= 15 is 0 Å². The number of hydrogen-bond acceptors (Lipinski definition) is 2. The lowest BCUT2D eigenvalue weighted by molar-refractivity contribution is -0.120. The molecular formula is C11H10FN3O. The summed E-state index contributed by atoms with van der Waals surface area (Å²) in [5, 5.41) is 0.907. The Balaban J connectivity index is 2.15. The average molecular weight is 219 g/mol. The Morgan fingerprint density at radius 1 is 1.69 bits per heavy atom. The van der Waals surface area contributed by atoms with Gasteiger partial charge in [0.1, 0.15) is 11.6 Å². The molecule has 16 heavy (non-hydrogen) atoms. The summed E-state index contributed by atoms with van der Waals surface area (Å²) in [6, 6.07) is 3.57. The average Bonchev–Trinajstić information content (AvgIpc) is 2.75. The van der Waals surface area contributed by atoms with Crippen molar-refractivity contribution in [3.05, 3.63) is 30.2 Å². The van der Waals surface area contributed by atoms with E-state index < -0.39 is 17.5 Å². The van der Waals surface area contributed by atoms with Crippen LogP contribution in [0.25, 0.3) is 10.9 Å². The fourth-order valence-electron chi connectivity index (χ4n) is 2.06. The number of H-pyrrole nitrogens is 1. The lowest BCUT2D eigenvalue weighted by Crippen LogP contribution is -2.31. The van der Waals surface area contributed by atoms with Gasteiger partial charge in [-0.25, -0.2) is 4.39 Å². The first-order valence-corrected chi connectivity index (χ1v) is 5.02. The number of nitrogens with one attached hydrogen (secondary N) is 1. The zero-order chi connectivity index (χ0) is 11.3. The number of carbonyl (C=O) groups excluding carboxylic acids is 1. The highest BCUT2D eigenvalue weighted by Crippen LogP contribution is 2.50. The van der Waals surface area contributed by atoms with Crippen molar-refractivity contribution in [3.63, 3.8) is 0 Å². The number of aromatic nitrogens is 2. The van der Waals surface area contributed by atoms with Crippen molar-refractivity contribution < 1.29 is 9.18 Å². The van der Waals surface area contributed by atoms with Crippen molar-refractivity contribution in [2.24, 2.45) is 5.73 Å². The van der Waals surface area contributed by atoms with Crippen LogP contribution in [-0.2, 0) is 10.2 Å². The molecule has 0 bridgehead atoms. The highest BCUT2D eigenvalue weighted by atomic mass is 19.1. The van der Waals surface area contributed by atoms with Crippen molar-refractivity contribution in [2.45, 2.75) is 18.0 Å². The van der Waals surface area contributed by atoms with Gasteiger partial charge in [-0.3, -0.25) is 9.78 Å². The fourth-order valence-corrected chi connectivity index (χ4v) is 2.06. The van der Waals surface area contributed by atoms with Gasteiger partial charge in [0.25, 0.3) is 0 Å². The second-order valence-corrected chi connectivity index (χ2v) is 4.14. The van der Waals surface area contributed by atoms with E-state index in [-0.39, 0.29) is 6.42 Å². The molecule has 5 heteroatoms. The molecule has 1 saturated carbocycles. The van der Waals surface area contributed by atoms with Gasteiger partial charge in [0, 0.05) is 18.0 Å². The smallest absolute Gasteiger partial charge is 0.232 e. The molecule has 1 aliphatic carbocycles. The molecule has 1 aliphatic rings. The van der Waals surface area contributed by atoms with Crippen molar-refractivity contribution >= 4 is 16.8 Å². The topological polar surface area (TPSA) is 71.8 Å². The van der Waals surface area contributed by atoms with E-state index in [1.54, 1.807) is 18.5 Å². The molecule has 3 rings (SSSR count). The number of pyridine rings is 1. The Hall–Kier alpha value is -1.91. The fraction of sp³-hybridized carbons (Fsp3) is 0.273. The van der Waals surface area contributed by atoms with Gasteiger partial charge in [-0.2, -0.15) is 0 Å². The second kappa shape index (κ2) is 2.81. The zero-order valence-electron chi connectivity index (χ0n) is 8.40. The molecule has 82 valence electrons. The zero-order valence-corrected chi connectivity index (χ0v) is 8.40. The number of halogens is 1. The Bertz CT molecular complexity index is 579. The highest BCUT2D eigenvalue weighted by Gasteiger charge is 2.62. The number of nitrogens with two attached hydrogens (primary N) is 1. The molecule has 1 amide bonds. The number of hydrogen-bond donors (Lipinski definition) is 2. The normalized spacial score (nSPS) is 28.2. The van der Waals surface area contributed by atoms with Gasteiger partial charge in [-0.15, -0.1) is 0 Å². The van der Waals surface area contributed by atoms with Crippen LogP contribution >= 0.6 is 0 Å². The third-order valence-corrected chi connectivity index (χ3v) is 3.21. The third kappa shape index (κ3) is 1.02. The number of rotatable bonds is 2. The van der Waals surface area contributed by atoms with Crippen LogP contribution in [0.5, 0.6) is 0 Å². The summed E-state index contributed by atoms with van der Waals surface area (Å²) >= 11 is 0. The molecule has 0 aromatic carbocycles. The van der Waals surface area contributed by atoms with Crippen LogP contribution in [0, 0.1) is 0 Å². The first-order chi connectivity index (χ1) is 7.64. The molecule has 2 atom stereocenters. The molecule has 2 aromatic heterocycles. The molecule has 4 nitrogen and oxygen atoms in total. The summed E-state index contributed by atoms with van der Waals surface area (Å²) in [6.45, 7) is 0. The molecule has 2 unspecified atom stereocenters. The molecule has 0 radical (unpaired) electrons. The summed E-state index contributed by atoms with van der Waals surface area (Å²) in [5.41, 5.74) is 5.35. The number of aromatic amines is 1. The molecule has 0 aliphatic heterocycles. The number of alkyl halides is 1. The lowest BCUT2D eigenvalue weighted by atomic mass is 10.00. The molecule has 0 saturated heterocycles. The van der Waals surface area contributed by atoms with Crippen LogP contribution in [0.2, 0.25) is 0 Å². The summed E-state index contributed by atoms with van der Waals surface area (Å²) in [4.78, 5) is 18.4. The first kappa shape index (κ1) is 9.33. The number of primary amides is 1. The van der Waals surface area contributed by atoms with Crippen molar-refractivity contribution in [1.29, 1.82) is 0 Å². The van der Waals surface area contributed by atoms with Crippen molar-refractivity contribution in [3.8, 4) is 0 Å². The Labute approximate surface area is 90.7 Å². The highest BCUT2D eigenvalue weighted by molar-refractivity contribution is 5.92. The van der Waals surface area contributed by atoms with Crippen LogP contribution in [0.4, 0.5) is 4.39 Å². The second-order valence-electron chi connectivity index (χ2n) is 4.14. The van der Waals surface area contributed by atoms with Gasteiger partial charge < -0.3 is 10.7 Å². The van der Waals surface area contributed by atoms with Crippen molar-refractivity contribution in [2.75, 3.05) is 0 Å². The number of amides is 1. The number of fused-ring (bicyclic) bond motifs is 1. The Kier molecular flexibility index (Phi) is 1.64. The van der Waals surface area contributed by atoms with Crippen LogP contribution < -0.4 is 5.73 Å². The molecule has 0 spiro atoms. The van der Waals surface area contributed by atoms with E-state index in [2.05, 4.69) is 9.97 Å². The summed E-state index contributed by atoms with van der Waals surface area (Å²) in [5.74, 6) is -0.637. The van der Waals surface area contributed by atoms with Gasteiger partial charge in [-0.1, -0.05) is 0 Å². The van der Waals surface area contributed by atoms with Crippen LogP contribution in [0.3, 0.4) is 0 Å². The molecule has 1 fully saturated rings. The minimum atomic E-state index is -1.20. The molecule has 3 N–H and O–H groups in total. The quantitative estimate of drug-likeness (QED) is 0.791. The van der Waals surface area contributed by atoms with E-state index in [1.165, 1.54) is 0 Å². The van der Waals surface area contributed by atoms with Crippen LogP contribution in [0.15, 0.2) is 24.5 Å².